The lowest BCUT2D eigenvalue weighted by Gasteiger charge is -2.37. The molecule has 1 aliphatic carbocycles. The van der Waals surface area contributed by atoms with Crippen LogP contribution in [0, 0.1) is 11.8 Å². The first-order chi connectivity index (χ1) is 10.1. The summed E-state index contributed by atoms with van der Waals surface area (Å²) in [6, 6.07) is 2.97. The smallest absolute Gasteiger partial charge is 0.0701 e. The molecular weight excluding hydrogens is 344 g/mol. The summed E-state index contributed by atoms with van der Waals surface area (Å²) < 4.78 is 1.24. The van der Waals surface area contributed by atoms with Crippen molar-refractivity contribution in [3.63, 3.8) is 0 Å². The minimum Gasteiger partial charge on any atom is -0.314 e. The van der Waals surface area contributed by atoms with Crippen molar-refractivity contribution in [1.29, 1.82) is 0 Å². The second-order valence-electron chi connectivity index (χ2n) is 6.69. The highest BCUT2D eigenvalue weighted by Crippen LogP contribution is 2.30. The summed E-state index contributed by atoms with van der Waals surface area (Å²) >= 11 is 5.34. The number of hydrogen-bond acceptors (Lipinski definition) is 3. The molecule has 1 N–H and O–H groups in total. The van der Waals surface area contributed by atoms with E-state index in [0.29, 0.717) is 0 Å². The SMILES string of the molecule is CCCNC1CCC(C)CC1CN(C)Cc1csc(Br)c1. The summed E-state index contributed by atoms with van der Waals surface area (Å²) in [5.41, 5.74) is 1.43. The Morgan fingerprint density at radius 1 is 1.43 bits per heavy atom. The molecule has 3 unspecified atom stereocenters. The van der Waals surface area contributed by atoms with Gasteiger partial charge in [-0.05, 0) is 84.1 Å². The van der Waals surface area contributed by atoms with E-state index in [0.717, 1.165) is 31.0 Å². The van der Waals surface area contributed by atoms with Crippen molar-refractivity contribution < 1.29 is 0 Å². The van der Waals surface area contributed by atoms with Crippen LogP contribution in [0.5, 0.6) is 0 Å². The van der Waals surface area contributed by atoms with Crippen LogP contribution in [0.2, 0.25) is 0 Å². The zero-order valence-corrected chi connectivity index (χ0v) is 16.0. The Morgan fingerprint density at radius 3 is 2.90 bits per heavy atom. The standard InChI is InChI=1S/C17H29BrN2S/c1-4-7-19-16-6-5-13(2)8-15(16)11-20(3)10-14-9-17(18)21-12-14/h9,12-13,15-16,19H,4-8,10-11H2,1-3H3. The molecule has 1 aromatic heterocycles. The average Bonchev–Trinajstić information content (AvgIpc) is 2.83. The third kappa shape index (κ3) is 5.66. The van der Waals surface area contributed by atoms with Gasteiger partial charge in [0.25, 0.3) is 0 Å². The van der Waals surface area contributed by atoms with Gasteiger partial charge in [0, 0.05) is 19.1 Å². The zero-order chi connectivity index (χ0) is 15.2. The van der Waals surface area contributed by atoms with Gasteiger partial charge in [-0.2, -0.15) is 0 Å². The van der Waals surface area contributed by atoms with Crippen molar-refractivity contribution in [2.45, 2.75) is 52.1 Å². The minimum absolute atomic E-state index is 0.720. The van der Waals surface area contributed by atoms with Crippen molar-refractivity contribution in [2.24, 2.45) is 11.8 Å². The van der Waals surface area contributed by atoms with Crippen molar-refractivity contribution in [3.05, 3.63) is 20.8 Å². The van der Waals surface area contributed by atoms with Crippen LogP contribution < -0.4 is 5.32 Å². The van der Waals surface area contributed by atoms with Crippen molar-refractivity contribution >= 4 is 27.3 Å². The predicted molar refractivity (Wildman–Crippen MR) is 96.9 cm³/mol. The molecule has 0 saturated heterocycles. The van der Waals surface area contributed by atoms with Gasteiger partial charge in [0.05, 0.1) is 3.79 Å². The lowest BCUT2D eigenvalue weighted by Crippen LogP contribution is -2.45. The first-order valence-electron chi connectivity index (χ1n) is 8.23. The summed E-state index contributed by atoms with van der Waals surface area (Å²) in [5.74, 6) is 1.69. The molecule has 0 aromatic carbocycles. The monoisotopic (exact) mass is 372 g/mol. The first kappa shape index (κ1) is 17.5. The van der Waals surface area contributed by atoms with Crippen molar-refractivity contribution in [3.8, 4) is 0 Å². The van der Waals surface area contributed by atoms with Crippen LogP contribution in [0.1, 0.15) is 45.1 Å². The zero-order valence-electron chi connectivity index (χ0n) is 13.6. The van der Waals surface area contributed by atoms with Gasteiger partial charge in [-0.25, -0.2) is 0 Å². The van der Waals surface area contributed by atoms with E-state index in [9.17, 15) is 0 Å². The fourth-order valence-electron chi connectivity index (χ4n) is 3.50. The summed E-state index contributed by atoms with van der Waals surface area (Å²) in [4.78, 5) is 2.50. The van der Waals surface area contributed by atoms with Crippen LogP contribution in [0.3, 0.4) is 0 Å². The fourth-order valence-corrected chi connectivity index (χ4v) is 4.70. The van der Waals surface area contributed by atoms with E-state index in [1.807, 2.05) is 0 Å². The van der Waals surface area contributed by atoms with E-state index >= 15 is 0 Å². The Hall–Kier alpha value is 0.100. The third-order valence-electron chi connectivity index (χ3n) is 4.52. The molecule has 0 aliphatic heterocycles. The van der Waals surface area contributed by atoms with E-state index in [2.05, 4.69) is 58.5 Å². The summed E-state index contributed by atoms with van der Waals surface area (Å²) in [6.45, 7) is 8.11. The second kappa shape index (κ2) is 8.66. The van der Waals surface area contributed by atoms with Gasteiger partial charge in [-0.1, -0.05) is 13.8 Å². The molecule has 120 valence electrons. The van der Waals surface area contributed by atoms with Gasteiger partial charge >= 0.3 is 0 Å². The Labute approximate surface area is 142 Å². The maximum Gasteiger partial charge on any atom is 0.0701 e. The van der Waals surface area contributed by atoms with Crippen LogP contribution in [0.4, 0.5) is 0 Å². The number of nitrogens with one attached hydrogen (secondary N) is 1. The molecule has 1 aliphatic rings. The Bertz CT molecular complexity index is 419. The number of rotatable bonds is 7. The van der Waals surface area contributed by atoms with Crippen molar-refractivity contribution in [1.82, 2.24) is 10.2 Å². The molecule has 1 saturated carbocycles. The highest BCUT2D eigenvalue weighted by Gasteiger charge is 2.28. The molecule has 21 heavy (non-hydrogen) atoms. The van der Waals surface area contributed by atoms with E-state index < -0.39 is 0 Å². The minimum atomic E-state index is 0.720. The molecule has 4 heteroatoms. The van der Waals surface area contributed by atoms with E-state index in [1.165, 1.54) is 41.6 Å². The van der Waals surface area contributed by atoms with Gasteiger partial charge in [0.15, 0.2) is 0 Å². The molecular formula is C17H29BrN2S. The molecule has 1 aromatic rings. The first-order valence-corrected chi connectivity index (χ1v) is 9.90. The number of hydrogen-bond donors (Lipinski definition) is 1. The molecule has 0 amide bonds. The van der Waals surface area contributed by atoms with Gasteiger partial charge < -0.3 is 10.2 Å². The molecule has 1 heterocycles. The Kier molecular flexibility index (Phi) is 7.20. The van der Waals surface area contributed by atoms with Crippen molar-refractivity contribution in [2.75, 3.05) is 20.1 Å². The highest BCUT2D eigenvalue weighted by molar-refractivity contribution is 9.11. The van der Waals surface area contributed by atoms with Gasteiger partial charge in [0.2, 0.25) is 0 Å². The molecule has 0 bridgehead atoms. The van der Waals surface area contributed by atoms with Crippen LogP contribution in [-0.2, 0) is 6.54 Å². The molecule has 3 atom stereocenters. The molecule has 0 radical (unpaired) electrons. The normalized spacial score (nSPS) is 26.4. The highest BCUT2D eigenvalue weighted by atomic mass is 79.9. The molecule has 1 fully saturated rings. The molecule has 0 spiro atoms. The number of nitrogens with zero attached hydrogens (tertiary/aromatic N) is 1. The average molecular weight is 373 g/mol. The predicted octanol–water partition coefficient (Wildman–Crippen LogP) is 4.75. The fraction of sp³-hybridized carbons (Fsp3) is 0.765. The van der Waals surface area contributed by atoms with E-state index in [1.54, 1.807) is 11.3 Å². The van der Waals surface area contributed by atoms with Crippen LogP contribution in [-0.4, -0.2) is 31.1 Å². The number of halogens is 1. The topological polar surface area (TPSA) is 15.3 Å². The lowest BCUT2D eigenvalue weighted by atomic mass is 9.78. The van der Waals surface area contributed by atoms with Gasteiger partial charge in [-0.3, -0.25) is 0 Å². The maximum atomic E-state index is 3.78. The quantitative estimate of drug-likeness (QED) is 0.742. The molecule has 2 nitrogen and oxygen atoms in total. The van der Waals surface area contributed by atoms with Gasteiger partial charge in [0.1, 0.15) is 0 Å². The van der Waals surface area contributed by atoms with E-state index in [4.69, 9.17) is 0 Å². The molecule has 2 rings (SSSR count). The number of thiophene rings is 1. The van der Waals surface area contributed by atoms with Crippen LogP contribution >= 0.6 is 27.3 Å². The Morgan fingerprint density at radius 2 is 2.24 bits per heavy atom. The van der Waals surface area contributed by atoms with E-state index in [-0.39, 0.29) is 0 Å². The second-order valence-corrected chi connectivity index (χ2v) is 8.99. The third-order valence-corrected chi connectivity index (χ3v) is 6.07. The maximum absolute atomic E-state index is 3.78. The summed E-state index contributed by atoms with van der Waals surface area (Å²) in [6.07, 6.45) is 5.35. The Balaban J connectivity index is 1.87. The lowest BCUT2D eigenvalue weighted by molar-refractivity contribution is 0.157. The largest absolute Gasteiger partial charge is 0.314 e. The van der Waals surface area contributed by atoms with Crippen LogP contribution in [0.15, 0.2) is 15.2 Å². The summed E-state index contributed by atoms with van der Waals surface area (Å²) in [5, 5.41) is 6.04. The van der Waals surface area contributed by atoms with Crippen LogP contribution in [0.25, 0.3) is 0 Å². The van der Waals surface area contributed by atoms with Gasteiger partial charge in [-0.15, -0.1) is 11.3 Å². The summed E-state index contributed by atoms with van der Waals surface area (Å²) in [7, 11) is 2.27.